The van der Waals surface area contributed by atoms with E-state index in [9.17, 15) is 26.9 Å². The number of hydrogen-bond donors (Lipinski definition) is 1. The summed E-state index contributed by atoms with van der Waals surface area (Å²) in [5, 5.41) is 15.5. The molecule has 0 aliphatic heterocycles. The van der Waals surface area contributed by atoms with E-state index in [0.29, 0.717) is 0 Å². The minimum Gasteiger partial charge on any atom is -0.258 e. The van der Waals surface area contributed by atoms with E-state index in [2.05, 4.69) is 0 Å². The molecule has 0 heterocycles. The highest BCUT2D eigenvalue weighted by atomic mass is 35.5. The molecular weight excluding hydrogens is 320 g/mol. The fourth-order valence-electron chi connectivity index (χ4n) is 1.23. The Hall–Kier alpha value is -1.23. The van der Waals surface area contributed by atoms with Crippen molar-refractivity contribution in [2.45, 2.75) is 4.90 Å². The summed E-state index contributed by atoms with van der Waals surface area (Å²) in [5.74, 6) is -1.66. The minimum atomic E-state index is -4.15. The number of nitro groups is 1. The third kappa shape index (κ3) is 4.42. The van der Waals surface area contributed by atoms with Gasteiger partial charge in [-0.2, -0.15) is 0 Å². The number of halogens is 1. The quantitative estimate of drug-likeness (QED) is 0.609. The van der Waals surface area contributed by atoms with Crippen LogP contribution in [-0.2, 0) is 19.9 Å². The molecule has 0 bridgehead atoms. The lowest BCUT2D eigenvalue weighted by Crippen LogP contribution is -2.23. The SMILES string of the molecule is NS(=O)(=O)CCS(=O)(=O)c1ccc(Cl)cc1[N+](=O)[O-]. The van der Waals surface area contributed by atoms with Crippen molar-refractivity contribution in [3.63, 3.8) is 0 Å². The largest absolute Gasteiger partial charge is 0.289 e. The molecule has 0 unspecified atom stereocenters. The molecule has 19 heavy (non-hydrogen) atoms. The summed E-state index contributed by atoms with van der Waals surface area (Å²) < 4.78 is 45.2. The summed E-state index contributed by atoms with van der Waals surface area (Å²) >= 11 is 5.55. The molecule has 1 rings (SSSR count). The Balaban J connectivity index is 3.25. The number of nitrogens with zero attached hydrogens (tertiary/aromatic N) is 1. The zero-order chi connectivity index (χ0) is 14.8. The van der Waals surface area contributed by atoms with Gasteiger partial charge in [-0.1, -0.05) is 11.6 Å². The molecule has 0 spiro atoms. The lowest BCUT2D eigenvalue weighted by Gasteiger charge is -2.05. The van der Waals surface area contributed by atoms with Gasteiger partial charge in [0.1, 0.15) is 4.90 Å². The van der Waals surface area contributed by atoms with Gasteiger partial charge in [0.15, 0.2) is 9.84 Å². The molecule has 11 heteroatoms. The third-order valence-electron chi connectivity index (χ3n) is 2.09. The Kier molecular flexibility index (Phi) is 4.50. The first-order valence-corrected chi connectivity index (χ1v) is 8.45. The topological polar surface area (TPSA) is 137 Å². The molecule has 0 aromatic heterocycles. The fraction of sp³-hybridized carbons (Fsp3) is 0.250. The number of sulfone groups is 1. The summed E-state index contributed by atoms with van der Waals surface area (Å²) in [6.45, 7) is 0. The monoisotopic (exact) mass is 328 g/mol. The number of primary sulfonamides is 1. The highest BCUT2D eigenvalue weighted by molar-refractivity contribution is 7.94. The van der Waals surface area contributed by atoms with E-state index >= 15 is 0 Å². The first-order valence-electron chi connectivity index (χ1n) is 4.70. The molecule has 0 amide bonds. The molecule has 2 N–H and O–H groups in total. The van der Waals surface area contributed by atoms with Crippen LogP contribution in [0.3, 0.4) is 0 Å². The van der Waals surface area contributed by atoms with Gasteiger partial charge in [0.25, 0.3) is 5.69 Å². The molecule has 0 fully saturated rings. The highest BCUT2D eigenvalue weighted by Crippen LogP contribution is 2.27. The molecular formula is C8H9ClN2O6S2. The van der Waals surface area contributed by atoms with Crippen molar-refractivity contribution in [1.82, 2.24) is 0 Å². The highest BCUT2D eigenvalue weighted by Gasteiger charge is 2.27. The van der Waals surface area contributed by atoms with Crippen LogP contribution in [0.4, 0.5) is 5.69 Å². The summed E-state index contributed by atoms with van der Waals surface area (Å²) in [6, 6.07) is 3.00. The number of sulfonamides is 1. The number of nitro benzene ring substituents is 1. The summed E-state index contributed by atoms with van der Waals surface area (Å²) in [6.07, 6.45) is 0. The Morgan fingerprint density at radius 2 is 1.79 bits per heavy atom. The van der Waals surface area contributed by atoms with Crippen molar-refractivity contribution in [2.24, 2.45) is 5.14 Å². The first kappa shape index (κ1) is 15.8. The first-order chi connectivity index (χ1) is 8.53. The Morgan fingerprint density at radius 1 is 1.21 bits per heavy atom. The van der Waals surface area contributed by atoms with Gasteiger partial charge < -0.3 is 0 Å². The van der Waals surface area contributed by atoms with Crippen molar-refractivity contribution in [2.75, 3.05) is 11.5 Å². The fourth-order valence-corrected chi connectivity index (χ4v) is 4.15. The third-order valence-corrected chi connectivity index (χ3v) is 5.11. The maximum Gasteiger partial charge on any atom is 0.289 e. The van der Waals surface area contributed by atoms with E-state index in [1.54, 1.807) is 0 Å². The zero-order valence-corrected chi connectivity index (χ0v) is 11.7. The van der Waals surface area contributed by atoms with Crippen LogP contribution in [0.25, 0.3) is 0 Å². The van der Waals surface area contributed by atoms with E-state index in [0.717, 1.165) is 12.1 Å². The van der Waals surface area contributed by atoms with E-state index in [-0.39, 0.29) is 5.02 Å². The lowest BCUT2D eigenvalue weighted by atomic mass is 10.3. The van der Waals surface area contributed by atoms with Gasteiger partial charge in [0.05, 0.1) is 16.4 Å². The molecule has 1 aromatic carbocycles. The van der Waals surface area contributed by atoms with E-state index in [1.807, 2.05) is 0 Å². The standard InChI is InChI=1S/C8H9ClN2O6S2/c9-6-1-2-8(7(5-6)11(12)13)18(14,15)3-4-19(10,16)17/h1-2,5H,3-4H2,(H2,10,16,17). The minimum absolute atomic E-state index is 0.00269. The molecule has 0 atom stereocenters. The van der Waals surface area contributed by atoms with Gasteiger partial charge >= 0.3 is 0 Å². The Labute approximate surface area is 114 Å². The molecule has 0 aliphatic rings. The molecule has 0 aliphatic carbocycles. The molecule has 106 valence electrons. The number of benzene rings is 1. The molecule has 0 saturated heterocycles. The predicted octanol–water partition coefficient (Wildman–Crippen LogP) is 0.310. The molecule has 1 aromatic rings. The van der Waals surface area contributed by atoms with Crippen LogP contribution in [0.1, 0.15) is 0 Å². The van der Waals surface area contributed by atoms with Crippen LogP contribution in [0.2, 0.25) is 5.02 Å². The van der Waals surface area contributed by atoms with E-state index in [1.165, 1.54) is 6.07 Å². The summed E-state index contributed by atoms with van der Waals surface area (Å²) in [7, 11) is -8.13. The van der Waals surface area contributed by atoms with Crippen molar-refractivity contribution < 1.29 is 21.8 Å². The van der Waals surface area contributed by atoms with Crippen LogP contribution in [0, 0.1) is 10.1 Å². The van der Waals surface area contributed by atoms with Gasteiger partial charge in [-0.25, -0.2) is 22.0 Å². The maximum absolute atomic E-state index is 11.8. The number of rotatable bonds is 5. The molecule has 0 saturated carbocycles. The Morgan fingerprint density at radius 3 is 2.26 bits per heavy atom. The van der Waals surface area contributed by atoms with Crippen LogP contribution < -0.4 is 5.14 Å². The van der Waals surface area contributed by atoms with Crippen molar-refractivity contribution in [3.8, 4) is 0 Å². The van der Waals surface area contributed by atoms with Crippen LogP contribution in [0.5, 0.6) is 0 Å². The second-order valence-corrected chi connectivity index (χ2v) is 7.80. The van der Waals surface area contributed by atoms with Gasteiger partial charge in [-0.05, 0) is 12.1 Å². The van der Waals surface area contributed by atoms with Gasteiger partial charge in [-0.3, -0.25) is 10.1 Å². The van der Waals surface area contributed by atoms with E-state index < -0.39 is 46.9 Å². The summed E-state index contributed by atoms with van der Waals surface area (Å²) in [5.41, 5.74) is -0.707. The van der Waals surface area contributed by atoms with Crippen LogP contribution >= 0.6 is 11.6 Å². The van der Waals surface area contributed by atoms with Gasteiger partial charge in [-0.15, -0.1) is 0 Å². The average Bonchev–Trinajstić information content (AvgIpc) is 2.25. The van der Waals surface area contributed by atoms with Crippen LogP contribution in [0.15, 0.2) is 23.1 Å². The average molecular weight is 329 g/mol. The smallest absolute Gasteiger partial charge is 0.258 e. The number of nitrogens with two attached hydrogens (primary N) is 1. The van der Waals surface area contributed by atoms with Crippen LogP contribution in [-0.4, -0.2) is 33.3 Å². The number of hydrogen-bond acceptors (Lipinski definition) is 6. The van der Waals surface area contributed by atoms with Gasteiger partial charge in [0.2, 0.25) is 10.0 Å². The molecule has 8 nitrogen and oxygen atoms in total. The summed E-state index contributed by atoms with van der Waals surface area (Å²) in [4.78, 5) is 9.26. The molecule has 0 radical (unpaired) electrons. The second kappa shape index (κ2) is 5.41. The van der Waals surface area contributed by atoms with Crippen molar-refractivity contribution in [1.29, 1.82) is 0 Å². The van der Waals surface area contributed by atoms with E-state index in [4.69, 9.17) is 16.7 Å². The Bertz CT molecular complexity index is 713. The predicted molar refractivity (Wildman–Crippen MR) is 68.1 cm³/mol. The lowest BCUT2D eigenvalue weighted by molar-refractivity contribution is -0.387. The van der Waals surface area contributed by atoms with Crippen molar-refractivity contribution >= 4 is 37.1 Å². The normalized spacial score (nSPS) is 12.3. The second-order valence-electron chi connectivity index (χ2n) is 3.56. The zero-order valence-electron chi connectivity index (χ0n) is 9.31. The van der Waals surface area contributed by atoms with Gasteiger partial charge in [0, 0.05) is 11.1 Å². The maximum atomic E-state index is 11.8. The van der Waals surface area contributed by atoms with Crippen molar-refractivity contribution in [3.05, 3.63) is 33.3 Å².